The molecule has 7 heteroatoms. The largest absolute Gasteiger partial charge is 0.481 e. The zero-order chi connectivity index (χ0) is 14.4. The van der Waals surface area contributed by atoms with Gasteiger partial charge in [0.25, 0.3) is 0 Å². The lowest BCUT2D eigenvalue weighted by atomic mass is 10.00. The lowest BCUT2D eigenvalue weighted by Crippen LogP contribution is -2.49. The first-order valence-corrected chi connectivity index (χ1v) is 6.90. The molecule has 2 rings (SSSR count). The molecule has 20 heavy (non-hydrogen) atoms. The molecule has 0 radical (unpaired) electrons. The maximum atomic E-state index is 12.1. The van der Waals surface area contributed by atoms with Crippen LogP contribution in [0.5, 0.6) is 0 Å². The predicted octanol–water partition coefficient (Wildman–Crippen LogP) is 0.991. The van der Waals surface area contributed by atoms with Gasteiger partial charge in [-0.1, -0.05) is 0 Å². The van der Waals surface area contributed by atoms with Crippen molar-refractivity contribution in [3.63, 3.8) is 0 Å². The number of amides is 2. The van der Waals surface area contributed by atoms with Crippen LogP contribution in [-0.2, 0) is 11.2 Å². The van der Waals surface area contributed by atoms with Gasteiger partial charge in [0.2, 0.25) is 0 Å². The van der Waals surface area contributed by atoms with E-state index in [2.05, 4.69) is 15.3 Å². The van der Waals surface area contributed by atoms with E-state index in [4.69, 9.17) is 5.11 Å². The summed E-state index contributed by atoms with van der Waals surface area (Å²) in [6.45, 7) is 1.14. The van der Waals surface area contributed by atoms with Crippen molar-refractivity contribution in [2.24, 2.45) is 0 Å². The number of carboxylic acid groups (broad SMARTS) is 1. The summed E-state index contributed by atoms with van der Waals surface area (Å²) >= 11 is 0. The molecule has 0 aromatic carbocycles. The van der Waals surface area contributed by atoms with Gasteiger partial charge in [-0.05, 0) is 19.3 Å². The number of nitrogens with zero attached hydrogens (tertiary/aromatic N) is 2. The highest BCUT2D eigenvalue weighted by Gasteiger charge is 2.28. The number of rotatable bonds is 5. The molecule has 7 nitrogen and oxygen atoms in total. The fourth-order valence-electron chi connectivity index (χ4n) is 2.51. The van der Waals surface area contributed by atoms with Crippen molar-refractivity contribution in [3.05, 3.63) is 18.2 Å². The Labute approximate surface area is 117 Å². The number of likely N-dealkylation sites (tertiary alicyclic amines) is 1. The van der Waals surface area contributed by atoms with E-state index in [-0.39, 0.29) is 18.5 Å². The van der Waals surface area contributed by atoms with Gasteiger partial charge in [-0.15, -0.1) is 0 Å². The van der Waals surface area contributed by atoms with E-state index in [9.17, 15) is 9.59 Å². The standard InChI is InChI=1S/C13H20N4O3/c18-12(19)7-11-3-1-2-6-17(11)13(20)15-5-4-10-8-14-9-16-10/h8-9,11H,1-7H2,(H,14,16)(H,15,20)(H,18,19). The van der Waals surface area contributed by atoms with E-state index in [0.29, 0.717) is 19.5 Å². The van der Waals surface area contributed by atoms with Crippen LogP contribution in [0.3, 0.4) is 0 Å². The van der Waals surface area contributed by atoms with Gasteiger partial charge in [0.15, 0.2) is 0 Å². The number of H-pyrrole nitrogens is 1. The Morgan fingerprint density at radius 3 is 3.05 bits per heavy atom. The number of imidazole rings is 1. The Morgan fingerprint density at radius 2 is 2.35 bits per heavy atom. The second-order valence-electron chi connectivity index (χ2n) is 5.00. The number of carbonyl (C=O) groups is 2. The molecule has 2 heterocycles. The highest BCUT2D eigenvalue weighted by atomic mass is 16.4. The number of carboxylic acids is 1. The zero-order valence-electron chi connectivity index (χ0n) is 11.3. The molecule has 2 amide bonds. The van der Waals surface area contributed by atoms with Crippen LogP contribution < -0.4 is 5.32 Å². The molecular formula is C13H20N4O3. The van der Waals surface area contributed by atoms with Gasteiger partial charge < -0.3 is 20.3 Å². The first kappa shape index (κ1) is 14.4. The molecule has 1 aliphatic rings. The first-order valence-electron chi connectivity index (χ1n) is 6.90. The maximum absolute atomic E-state index is 12.1. The molecular weight excluding hydrogens is 260 g/mol. The molecule has 1 aromatic rings. The summed E-state index contributed by atoms with van der Waals surface area (Å²) in [5.74, 6) is -0.854. The summed E-state index contributed by atoms with van der Waals surface area (Å²) in [7, 11) is 0. The third-order valence-electron chi connectivity index (χ3n) is 3.52. The predicted molar refractivity (Wildman–Crippen MR) is 72.3 cm³/mol. The number of hydrogen-bond donors (Lipinski definition) is 3. The van der Waals surface area contributed by atoms with E-state index in [1.165, 1.54) is 0 Å². The van der Waals surface area contributed by atoms with Gasteiger partial charge in [-0.3, -0.25) is 4.79 Å². The van der Waals surface area contributed by atoms with Gasteiger partial charge in [-0.25, -0.2) is 9.78 Å². The normalized spacial score (nSPS) is 18.8. The van der Waals surface area contributed by atoms with Gasteiger partial charge in [0, 0.05) is 37.4 Å². The average molecular weight is 280 g/mol. The Bertz CT molecular complexity index is 446. The maximum Gasteiger partial charge on any atom is 0.317 e. The Kier molecular flexibility index (Phi) is 4.97. The van der Waals surface area contributed by atoms with Gasteiger partial charge in [-0.2, -0.15) is 0 Å². The van der Waals surface area contributed by atoms with Crippen molar-refractivity contribution in [1.82, 2.24) is 20.2 Å². The van der Waals surface area contributed by atoms with E-state index in [1.807, 2.05) is 0 Å². The minimum absolute atomic E-state index is 0.0218. The fraction of sp³-hybridized carbons (Fsp3) is 0.615. The number of urea groups is 1. The van der Waals surface area contributed by atoms with E-state index in [1.54, 1.807) is 17.4 Å². The zero-order valence-corrected chi connectivity index (χ0v) is 11.3. The third-order valence-corrected chi connectivity index (χ3v) is 3.52. The number of aliphatic carboxylic acids is 1. The summed E-state index contributed by atoms with van der Waals surface area (Å²) in [5.41, 5.74) is 0.964. The van der Waals surface area contributed by atoms with Crippen LogP contribution >= 0.6 is 0 Å². The summed E-state index contributed by atoms with van der Waals surface area (Å²) in [6.07, 6.45) is 6.71. The van der Waals surface area contributed by atoms with Crippen LogP contribution in [0.2, 0.25) is 0 Å². The Morgan fingerprint density at radius 1 is 1.50 bits per heavy atom. The van der Waals surface area contributed by atoms with Crippen molar-refractivity contribution < 1.29 is 14.7 Å². The number of hydrogen-bond acceptors (Lipinski definition) is 3. The van der Waals surface area contributed by atoms with Crippen molar-refractivity contribution in [1.29, 1.82) is 0 Å². The van der Waals surface area contributed by atoms with E-state index in [0.717, 1.165) is 25.0 Å². The van der Waals surface area contributed by atoms with Crippen LogP contribution in [0.1, 0.15) is 31.4 Å². The second-order valence-corrected chi connectivity index (χ2v) is 5.00. The van der Waals surface area contributed by atoms with Crippen molar-refractivity contribution in [3.8, 4) is 0 Å². The van der Waals surface area contributed by atoms with Crippen LogP contribution in [-0.4, -0.2) is 51.1 Å². The lowest BCUT2D eigenvalue weighted by Gasteiger charge is -2.34. The molecule has 1 unspecified atom stereocenters. The molecule has 1 fully saturated rings. The second kappa shape index (κ2) is 6.93. The smallest absolute Gasteiger partial charge is 0.317 e. The fourth-order valence-corrected chi connectivity index (χ4v) is 2.51. The summed E-state index contributed by atoms with van der Waals surface area (Å²) in [6, 6.07) is -0.358. The van der Waals surface area contributed by atoms with E-state index < -0.39 is 5.97 Å². The van der Waals surface area contributed by atoms with E-state index >= 15 is 0 Å². The first-order chi connectivity index (χ1) is 9.66. The van der Waals surface area contributed by atoms with Gasteiger partial charge in [0.05, 0.1) is 12.7 Å². The van der Waals surface area contributed by atoms with Crippen molar-refractivity contribution >= 4 is 12.0 Å². The number of aromatic nitrogens is 2. The Hall–Kier alpha value is -2.05. The highest BCUT2D eigenvalue weighted by Crippen LogP contribution is 2.19. The highest BCUT2D eigenvalue weighted by molar-refractivity contribution is 5.76. The van der Waals surface area contributed by atoms with Crippen molar-refractivity contribution in [2.45, 2.75) is 38.1 Å². The van der Waals surface area contributed by atoms with Gasteiger partial charge >= 0.3 is 12.0 Å². The molecule has 1 atom stereocenters. The summed E-state index contributed by atoms with van der Waals surface area (Å²) < 4.78 is 0. The Balaban J connectivity index is 1.81. The molecule has 0 aliphatic carbocycles. The number of piperidine rings is 1. The van der Waals surface area contributed by atoms with Gasteiger partial charge in [0.1, 0.15) is 0 Å². The monoisotopic (exact) mass is 280 g/mol. The molecule has 0 saturated carbocycles. The van der Waals surface area contributed by atoms with Crippen LogP contribution in [0, 0.1) is 0 Å². The summed E-state index contributed by atoms with van der Waals surface area (Å²) in [5, 5.41) is 11.7. The molecule has 0 spiro atoms. The van der Waals surface area contributed by atoms with Crippen LogP contribution in [0.25, 0.3) is 0 Å². The minimum atomic E-state index is -0.854. The molecule has 1 aromatic heterocycles. The molecule has 3 N–H and O–H groups in total. The lowest BCUT2D eigenvalue weighted by molar-refractivity contribution is -0.138. The molecule has 1 aliphatic heterocycles. The average Bonchev–Trinajstić information content (AvgIpc) is 2.91. The quantitative estimate of drug-likeness (QED) is 0.749. The van der Waals surface area contributed by atoms with Crippen molar-refractivity contribution in [2.75, 3.05) is 13.1 Å². The van der Waals surface area contributed by atoms with Crippen LogP contribution in [0.4, 0.5) is 4.79 Å². The molecule has 0 bridgehead atoms. The van der Waals surface area contributed by atoms with Crippen LogP contribution in [0.15, 0.2) is 12.5 Å². The molecule has 110 valence electrons. The SMILES string of the molecule is O=C(O)CC1CCCCN1C(=O)NCCc1cnc[nH]1. The number of carbonyl (C=O) groups excluding carboxylic acids is 1. The third kappa shape index (κ3) is 3.97. The topological polar surface area (TPSA) is 98.3 Å². The molecule has 1 saturated heterocycles. The number of aromatic amines is 1. The minimum Gasteiger partial charge on any atom is -0.481 e. The number of nitrogens with one attached hydrogen (secondary N) is 2. The summed E-state index contributed by atoms with van der Waals surface area (Å²) in [4.78, 5) is 31.5.